The zero-order valence-corrected chi connectivity index (χ0v) is 23.7. The maximum absolute atomic E-state index is 13.7. The molecule has 0 unspecified atom stereocenters. The Morgan fingerprint density at radius 2 is 1.43 bits per heavy atom. The molecular weight excluding hydrogens is 536 g/mol. The van der Waals surface area contributed by atoms with E-state index < -0.39 is 35.6 Å². The van der Waals surface area contributed by atoms with Gasteiger partial charge in [-0.2, -0.15) is 0 Å². The van der Waals surface area contributed by atoms with Crippen LogP contribution in [0.3, 0.4) is 0 Å². The summed E-state index contributed by atoms with van der Waals surface area (Å²) in [6.07, 6.45) is -0.436. The van der Waals surface area contributed by atoms with E-state index in [1.54, 1.807) is 26.0 Å². The third-order valence-corrected chi connectivity index (χ3v) is 7.28. The third kappa shape index (κ3) is 8.75. The molecule has 0 saturated carbocycles. The molecule has 1 heterocycles. The molecular formula is C33H36N2O7. The van der Waals surface area contributed by atoms with Gasteiger partial charge in [0.25, 0.3) is 0 Å². The second-order valence-corrected chi connectivity index (χ2v) is 10.8. The molecule has 2 amide bonds. The van der Waals surface area contributed by atoms with Crippen molar-refractivity contribution in [1.82, 2.24) is 10.6 Å². The van der Waals surface area contributed by atoms with E-state index in [2.05, 4.69) is 10.6 Å². The smallest absolute Gasteiger partial charge is 0.408 e. The van der Waals surface area contributed by atoms with Gasteiger partial charge in [0.05, 0.1) is 18.7 Å². The number of rotatable bonds is 14. The monoisotopic (exact) mass is 572 g/mol. The maximum Gasteiger partial charge on any atom is 0.408 e. The van der Waals surface area contributed by atoms with Crippen LogP contribution in [0, 0.1) is 5.92 Å². The van der Waals surface area contributed by atoms with Gasteiger partial charge in [-0.15, -0.1) is 0 Å². The molecule has 42 heavy (non-hydrogen) atoms. The number of nitrogens with one attached hydrogen (secondary N) is 2. The van der Waals surface area contributed by atoms with Crippen molar-refractivity contribution >= 4 is 23.6 Å². The van der Waals surface area contributed by atoms with Crippen LogP contribution in [-0.4, -0.2) is 53.0 Å². The summed E-state index contributed by atoms with van der Waals surface area (Å²) in [5.74, 6) is -1.76. The van der Waals surface area contributed by atoms with Crippen LogP contribution in [0.4, 0.5) is 4.79 Å². The number of aromatic hydroxyl groups is 1. The topological polar surface area (TPSA) is 134 Å². The number of hydrogen-bond acceptors (Lipinski definition) is 7. The van der Waals surface area contributed by atoms with Gasteiger partial charge < -0.3 is 25.2 Å². The molecule has 1 aliphatic rings. The highest BCUT2D eigenvalue weighted by Gasteiger charge is 2.50. The van der Waals surface area contributed by atoms with Crippen molar-refractivity contribution in [3.63, 3.8) is 0 Å². The Morgan fingerprint density at radius 3 is 2.02 bits per heavy atom. The molecule has 0 spiro atoms. The Kier molecular flexibility index (Phi) is 10.1. The predicted molar refractivity (Wildman–Crippen MR) is 156 cm³/mol. The van der Waals surface area contributed by atoms with E-state index in [1.807, 2.05) is 60.7 Å². The number of carbonyl (C=O) groups is 4. The second kappa shape index (κ2) is 13.9. The lowest BCUT2D eigenvalue weighted by Crippen LogP contribution is -2.50. The Bertz CT molecular complexity index is 1370. The Balaban J connectivity index is 1.44. The van der Waals surface area contributed by atoms with Crippen LogP contribution in [0.25, 0.3) is 0 Å². The highest BCUT2D eigenvalue weighted by Crippen LogP contribution is 2.29. The number of ketones is 2. The van der Waals surface area contributed by atoms with Gasteiger partial charge in [0.15, 0.2) is 11.6 Å². The largest absolute Gasteiger partial charge is 0.508 e. The number of phenolic OH excluding ortho intramolecular Hbond substituents is 1. The van der Waals surface area contributed by atoms with Crippen LogP contribution in [-0.2, 0) is 43.3 Å². The lowest BCUT2D eigenvalue weighted by atomic mass is 9.90. The number of alkyl carbamates (subject to hydrolysis) is 1. The van der Waals surface area contributed by atoms with E-state index in [4.69, 9.17) is 9.47 Å². The highest BCUT2D eigenvalue weighted by molar-refractivity contribution is 5.98. The molecule has 3 aromatic rings. The fourth-order valence-electron chi connectivity index (χ4n) is 4.58. The number of Topliss-reactive ketones (excluding diaryl/α,β-unsaturated/α-hetero) is 2. The van der Waals surface area contributed by atoms with E-state index >= 15 is 0 Å². The minimum Gasteiger partial charge on any atom is -0.508 e. The van der Waals surface area contributed by atoms with E-state index in [0.29, 0.717) is 0 Å². The highest BCUT2D eigenvalue weighted by atomic mass is 16.6. The molecule has 0 bridgehead atoms. The van der Waals surface area contributed by atoms with E-state index in [1.165, 1.54) is 12.1 Å². The van der Waals surface area contributed by atoms with Crippen LogP contribution in [0.1, 0.15) is 37.0 Å². The van der Waals surface area contributed by atoms with E-state index in [9.17, 15) is 24.3 Å². The summed E-state index contributed by atoms with van der Waals surface area (Å²) in [6, 6.07) is 23.1. The first kappa shape index (κ1) is 30.5. The van der Waals surface area contributed by atoms with Gasteiger partial charge in [0.1, 0.15) is 18.0 Å². The quantitative estimate of drug-likeness (QED) is 0.249. The van der Waals surface area contributed by atoms with Gasteiger partial charge in [0, 0.05) is 12.3 Å². The molecule has 0 radical (unpaired) electrons. The van der Waals surface area contributed by atoms with E-state index in [0.717, 1.165) is 16.7 Å². The average Bonchev–Trinajstić information content (AvgIpc) is 3.75. The molecule has 1 fully saturated rings. The van der Waals surface area contributed by atoms with Crippen LogP contribution in [0.15, 0.2) is 84.9 Å². The minimum atomic E-state index is -0.974. The summed E-state index contributed by atoms with van der Waals surface area (Å²) in [5, 5.41) is 15.1. The first-order valence-electron chi connectivity index (χ1n) is 13.9. The van der Waals surface area contributed by atoms with Crippen molar-refractivity contribution in [2.24, 2.45) is 5.92 Å². The normalized spacial score (nSPS) is 17.8. The Morgan fingerprint density at radius 1 is 0.857 bits per heavy atom. The van der Waals surface area contributed by atoms with Crippen molar-refractivity contribution in [2.75, 3.05) is 6.61 Å². The third-order valence-electron chi connectivity index (χ3n) is 7.28. The zero-order valence-electron chi connectivity index (χ0n) is 23.7. The SMILES string of the molecule is C[C@@H](NC(=O)OCc1ccccc1)C(=O)C[C@@H](Cc1ccccc1)C(=O)N[C@@H](Cc1ccc(O)cc1)C(=O)[C@@]1(C)CO1. The standard InChI is InChI=1S/C33H36N2O7/c1-22(34-32(40)41-20-25-11-7-4-8-12-25)29(37)19-26(17-23-9-5-3-6-10-23)31(39)35-28(30(38)33(2)21-42-33)18-24-13-15-27(36)16-14-24/h3-16,22,26,28,36H,17-21H2,1-2H3,(H,34,40)(H,35,39)/t22-,26-,28+,33-/m1/s1. The summed E-state index contributed by atoms with van der Waals surface area (Å²) in [7, 11) is 0. The molecule has 3 N–H and O–H groups in total. The summed E-state index contributed by atoms with van der Waals surface area (Å²) < 4.78 is 10.6. The summed E-state index contributed by atoms with van der Waals surface area (Å²) in [5.41, 5.74) is 1.44. The van der Waals surface area contributed by atoms with Gasteiger partial charge in [0.2, 0.25) is 5.91 Å². The predicted octanol–water partition coefficient (Wildman–Crippen LogP) is 3.91. The van der Waals surface area contributed by atoms with Gasteiger partial charge >= 0.3 is 6.09 Å². The minimum absolute atomic E-state index is 0.0612. The molecule has 9 nitrogen and oxygen atoms in total. The molecule has 0 aliphatic carbocycles. The van der Waals surface area contributed by atoms with Crippen LogP contribution in [0.2, 0.25) is 0 Å². The number of epoxide rings is 1. The number of amides is 2. The summed E-state index contributed by atoms with van der Waals surface area (Å²) in [6.45, 7) is 3.56. The fraction of sp³-hybridized carbons (Fsp3) is 0.333. The lowest BCUT2D eigenvalue weighted by Gasteiger charge is -2.24. The average molecular weight is 573 g/mol. The van der Waals surface area contributed by atoms with Crippen molar-refractivity contribution in [2.45, 2.75) is 57.4 Å². The number of benzene rings is 3. The molecule has 220 valence electrons. The molecule has 1 aliphatic heterocycles. The van der Waals surface area contributed by atoms with Crippen LogP contribution >= 0.6 is 0 Å². The van der Waals surface area contributed by atoms with Crippen molar-refractivity contribution < 1.29 is 33.8 Å². The second-order valence-electron chi connectivity index (χ2n) is 10.8. The lowest BCUT2D eigenvalue weighted by molar-refractivity contribution is -0.134. The molecule has 4 rings (SSSR count). The van der Waals surface area contributed by atoms with Gasteiger partial charge in [-0.1, -0.05) is 72.8 Å². The van der Waals surface area contributed by atoms with Gasteiger partial charge in [-0.25, -0.2) is 4.79 Å². The number of phenols is 1. The van der Waals surface area contributed by atoms with Crippen molar-refractivity contribution in [1.29, 1.82) is 0 Å². The summed E-state index contributed by atoms with van der Waals surface area (Å²) >= 11 is 0. The van der Waals surface area contributed by atoms with Crippen molar-refractivity contribution in [3.8, 4) is 5.75 Å². The van der Waals surface area contributed by atoms with Crippen LogP contribution < -0.4 is 10.6 Å². The van der Waals surface area contributed by atoms with Gasteiger partial charge in [-0.05, 0) is 55.5 Å². The maximum atomic E-state index is 13.7. The molecule has 4 atom stereocenters. The number of ether oxygens (including phenoxy) is 2. The first-order valence-corrected chi connectivity index (χ1v) is 13.9. The zero-order chi connectivity index (χ0) is 30.1. The molecule has 1 saturated heterocycles. The Hall–Kier alpha value is -4.50. The molecule has 3 aromatic carbocycles. The molecule has 9 heteroatoms. The first-order chi connectivity index (χ1) is 20.1. The fourth-order valence-corrected chi connectivity index (χ4v) is 4.58. The summed E-state index contributed by atoms with van der Waals surface area (Å²) in [4.78, 5) is 52.5. The van der Waals surface area contributed by atoms with Crippen LogP contribution in [0.5, 0.6) is 5.75 Å². The Labute approximate surface area is 245 Å². The van der Waals surface area contributed by atoms with E-state index in [-0.39, 0.29) is 49.8 Å². The number of hydrogen-bond donors (Lipinski definition) is 3. The van der Waals surface area contributed by atoms with Crippen molar-refractivity contribution in [3.05, 3.63) is 102 Å². The number of carbonyl (C=O) groups excluding carboxylic acids is 4. The molecule has 0 aromatic heterocycles. The van der Waals surface area contributed by atoms with Gasteiger partial charge in [-0.3, -0.25) is 14.4 Å².